The van der Waals surface area contributed by atoms with Gasteiger partial charge < -0.3 is 19.3 Å². The topological polar surface area (TPSA) is 75.8 Å². The second-order valence-corrected chi connectivity index (χ2v) is 7.24. The fourth-order valence-corrected chi connectivity index (χ4v) is 4.22. The first kappa shape index (κ1) is 15.8. The molecule has 6 nitrogen and oxygen atoms in total. The molecule has 0 saturated heterocycles. The van der Waals surface area contributed by atoms with Crippen molar-refractivity contribution in [3.05, 3.63) is 44.2 Å². The molecule has 1 N–H and O–H groups in total. The van der Waals surface area contributed by atoms with Crippen molar-refractivity contribution in [3.63, 3.8) is 0 Å². The maximum atomic E-state index is 11.2. The number of nitrogens with zero attached hydrogens (tertiary/aromatic N) is 2. The molecule has 0 radical (unpaired) electrons. The zero-order chi connectivity index (χ0) is 16.8. The molecule has 4 rings (SSSR count). The van der Waals surface area contributed by atoms with Gasteiger partial charge in [-0.25, -0.2) is 4.79 Å². The molecule has 2 aromatic rings. The quantitative estimate of drug-likeness (QED) is 0.758. The summed E-state index contributed by atoms with van der Waals surface area (Å²) in [5.74, 6) is 1.38. The van der Waals surface area contributed by atoms with Gasteiger partial charge in [-0.05, 0) is 46.5 Å². The van der Waals surface area contributed by atoms with E-state index in [0.29, 0.717) is 23.7 Å². The van der Waals surface area contributed by atoms with Gasteiger partial charge in [-0.15, -0.1) is 0 Å². The highest BCUT2D eigenvalue weighted by Crippen LogP contribution is 2.42. The molecule has 0 saturated carbocycles. The van der Waals surface area contributed by atoms with E-state index in [-0.39, 0.29) is 12.6 Å². The van der Waals surface area contributed by atoms with Crippen LogP contribution in [0.25, 0.3) is 0 Å². The van der Waals surface area contributed by atoms with Gasteiger partial charge in [-0.1, -0.05) is 16.8 Å². The Morgan fingerprint density at radius 3 is 3.04 bits per heavy atom. The molecule has 1 amide bonds. The maximum absolute atomic E-state index is 11.2. The average Bonchev–Trinajstić information content (AvgIpc) is 2.97. The molecule has 24 heavy (non-hydrogen) atoms. The number of amides is 1. The molecule has 0 fully saturated rings. The van der Waals surface area contributed by atoms with Crippen LogP contribution in [0.2, 0.25) is 5.02 Å². The summed E-state index contributed by atoms with van der Waals surface area (Å²) in [5.41, 5.74) is 2.71. The van der Waals surface area contributed by atoms with Gasteiger partial charge in [0.15, 0.2) is 11.9 Å². The lowest BCUT2D eigenvalue weighted by Gasteiger charge is -2.28. The van der Waals surface area contributed by atoms with E-state index >= 15 is 0 Å². The monoisotopic (exact) mass is 412 g/mol. The zero-order valence-corrected chi connectivity index (χ0v) is 14.9. The number of aryl methyl sites for hydroxylation is 1. The third-order valence-electron chi connectivity index (χ3n) is 4.45. The second-order valence-electron chi connectivity index (χ2n) is 5.95. The normalized spacial score (nSPS) is 19.4. The summed E-state index contributed by atoms with van der Waals surface area (Å²) in [6.45, 7) is 0.727. The molecule has 0 unspecified atom stereocenters. The highest BCUT2D eigenvalue weighted by atomic mass is 79.9. The standard InChI is InChI=1S/C16H14BrClN2O4/c17-11-6-9(18)5-8-1-2-13(23-14(8)11)15-10-7-20(16(21)22)4-3-12(10)19-24-15/h5-6,13H,1-4,7H2,(H,21,22)/t13-/m1/s1. The van der Waals surface area contributed by atoms with Crippen LogP contribution in [0, 0.1) is 0 Å². The summed E-state index contributed by atoms with van der Waals surface area (Å²) in [4.78, 5) is 12.6. The van der Waals surface area contributed by atoms with Gasteiger partial charge in [-0.3, -0.25) is 0 Å². The first-order valence-corrected chi connectivity index (χ1v) is 8.80. The van der Waals surface area contributed by atoms with Crippen molar-refractivity contribution in [2.75, 3.05) is 6.54 Å². The van der Waals surface area contributed by atoms with E-state index in [2.05, 4.69) is 21.1 Å². The number of hydrogen-bond donors (Lipinski definition) is 1. The summed E-state index contributed by atoms with van der Waals surface area (Å²) >= 11 is 9.57. The predicted molar refractivity (Wildman–Crippen MR) is 89.5 cm³/mol. The maximum Gasteiger partial charge on any atom is 0.407 e. The molecule has 2 aliphatic rings. The van der Waals surface area contributed by atoms with Crippen LogP contribution in [0.3, 0.4) is 0 Å². The Labute approximate surface area is 151 Å². The molecular formula is C16H14BrClN2O4. The Kier molecular flexibility index (Phi) is 3.92. The summed E-state index contributed by atoms with van der Waals surface area (Å²) in [6.07, 6.45) is 0.888. The summed E-state index contributed by atoms with van der Waals surface area (Å²) < 4.78 is 12.4. The first-order valence-electron chi connectivity index (χ1n) is 7.62. The van der Waals surface area contributed by atoms with Crippen LogP contribution >= 0.6 is 27.5 Å². The van der Waals surface area contributed by atoms with E-state index in [9.17, 15) is 9.90 Å². The fraction of sp³-hybridized carbons (Fsp3) is 0.375. The van der Waals surface area contributed by atoms with Crippen LogP contribution in [0.5, 0.6) is 5.75 Å². The minimum atomic E-state index is -0.930. The van der Waals surface area contributed by atoms with Crippen LogP contribution in [-0.2, 0) is 19.4 Å². The van der Waals surface area contributed by atoms with Crippen LogP contribution in [0.15, 0.2) is 21.1 Å². The Balaban J connectivity index is 1.65. The third kappa shape index (κ3) is 2.65. The molecule has 2 aliphatic heterocycles. The Hall–Kier alpha value is -1.73. The number of carbonyl (C=O) groups is 1. The molecular weight excluding hydrogens is 400 g/mol. The highest BCUT2D eigenvalue weighted by Gasteiger charge is 2.33. The van der Waals surface area contributed by atoms with Crippen LogP contribution < -0.4 is 4.74 Å². The summed E-state index contributed by atoms with van der Waals surface area (Å²) in [6, 6.07) is 3.70. The Bertz CT molecular complexity index is 823. The van der Waals surface area contributed by atoms with E-state index in [1.165, 1.54) is 4.90 Å². The predicted octanol–water partition coefficient (Wildman–Crippen LogP) is 4.19. The molecule has 1 aromatic heterocycles. The van der Waals surface area contributed by atoms with Crippen LogP contribution in [-0.4, -0.2) is 27.8 Å². The number of hydrogen-bond acceptors (Lipinski definition) is 4. The van der Waals surface area contributed by atoms with Crippen molar-refractivity contribution in [2.45, 2.75) is 31.9 Å². The zero-order valence-electron chi connectivity index (χ0n) is 12.6. The number of aromatic nitrogens is 1. The molecule has 3 heterocycles. The Morgan fingerprint density at radius 1 is 1.42 bits per heavy atom. The van der Waals surface area contributed by atoms with Gasteiger partial charge in [0, 0.05) is 23.6 Å². The molecule has 0 bridgehead atoms. The molecule has 126 valence electrons. The van der Waals surface area contributed by atoms with Crippen molar-refractivity contribution in [2.24, 2.45) is 0 Å². The van der Waals surface area contributed by atoms with Gasteiger partial charge in [0.1, 0.15) is 5.75 Å². The SMILES string of the molecule is O=C(O)N1CCc2noc([C@H]3CCc4cc(Cl)cc(Br)c4O3)c2C1. The van der Waals surface area contributed by atoms with Crippen LogP contribution in [0.4, 0.5) is 4.79 Å². The van der Waals surface area contributed by atoms with Crippen molar-refractivity contribution in [1.29, 1.82) is 0 Å². The number of fused-ring (bicyclic) bond motifs is 2. The number of benzene rings is 1. The van der Waals surface area contributed by atoms with E-state index in [0.717, 1.165) is 39.9 Å². The minimum Gasteiger partial charge on any atom is -0.481 e. The van der Waals surface area contributed by atoms with Gasteiger partial charge >= 0.3 is 6.09 Å². The molecule has 0 spiro atoms. The Morgan fingerprint density at radius 2 is 2.25 bits per heavy atom. The van der Waals surface area contributed by atoms with Gasteiger partial charge in [0.2, 0.25) is 0 Å². The molecule has 1 aromatic carbocycles. The molecule has 0 aliphatic carbocycles. The van der Waals surface area contributed by atoms with Crippen molar-refractivity contribution in [3.8, 4) is 5.75 Å². The van der Waals surface area contributed by atoms with E-state index in [1.54, 1.807) is 6.07 Å². The lowest BCUT2D eigenvalue weighted by Crippen LogP contribution is -2.35. The number of halogens is 2. The van der Waals surface area contributed by atoms with E-state index in [1.807, 2.05) is 6.07 Å². The third-order valence-corrected chi connectivity index (χ3v) is 5.26. The largest absolute Gasteiger partial charge is 0.481 e. The van der Waals surface area contributed by atoms with E-state index in [4.69, 9.17) is 20.9 Å². The van der Waals surface area contributed by atoms with Crippen LogP contribution in [0.1, 0.15) is 35.1 Å². The lowest BCUT2D eigenvalue weighted by molar-refractivity contribution is 0.131. The summed E-state index contributed by atoms with van der Waals surface area (Å²) in [7, 11) is 0. The van der Waals surface area contributed by atoms with Crippen molar-refractivity contribution in [1.82, 2.24) is 10.1 Å². The van der Waals surface area contributed by atoms with Gasteiger partial charge in [0.05, 0.1) is 16.7 Å². The number of rotatable bonds is 1. The number of carboxylic acid groups (broad SMARTS) is 1. The number of ether oxygens (including phenoxy) is 1. The minimum absolute atomic E-state index is 0.278. The second kappa shape index (κ2) is 5.97. The highest BCUT2D eigenvalue weighted by molar-refractivity contribution is 9.10. The average molecular weight is 414 g/mol. The lowest BCUT2D eigenvalue weighted by atomic mass is 9.97. The summed E-state index contributed by atoms with van der Waals surface area (Å²) in [5, 5.41) is 14.0. The molecule has 8 heteroatoms. The van der Waals surface area contributed by atoms with Gasteiger partial charge in [-0.2, -0.15) is 0 Å². The van der Waals surface area contributed by atoms with Crippen molar-refractivity contribution >= 4 is 33.6 Å². The van der Waals surface area contributed by atoms with E-state index < -0.39 is 6.09 Å². The fourth-order valence-electron chi connectivity index (χ4n) is 3.25. The van der Waals surface area contributed by atoms with Gasteiger partial charge in [0.25, 0.3) is 0 Å². The molecule has 1 atom stereocenters. The first-order chi connectivity index (χ1) is 11.5. The smallest absolute Gasteiger partial charge is 0.407 e. The van der Waals surface area contributed by atoms with Crippen molar-refractivity contribution < 1.29 is 19.2 Å².